The van der Waals surface area contributed by atoms with Gasteiger partial charge in [-0.3, -0.25) is 0 Å². The Labute approximate surface area is 170 Å². The van der Waals surface area contributed by atoms with Gasteiger partial charge in [-0.05, 0) is 25.8 Å². The molecule has 0 unspecified atom stereocenters. The molecule has 2 N–H and O–H groups in total. The molecule has 0 aliphatic carbocycles. The van der Waals surface area contributed by atoms with Gasteiger partial charge in [0.1, 0.15) is 16.8 Å². The fourth-order valence-corrected chi connectivity index (χ4v) is 3.68. The Hall–Kier alpha value is -1.73. The Morgan fingerprint density at radius 1 is 1.22 bits per heavy atom. The van der Waals surface area contributed by atoms with Crippen molar-refractivity contribution in [2.45, 2.75) is 52.1 Å². The van der Waals surface area contributed by atoms with Crippen molar-refractivity contribution < 1.29 is 0 Å². The Bertz CT molecular complexity index is 794. The summed E-state index contributed by atoms with van der Waals surface area (Å²) in [6, 6.07) is 1.85. The van der Waals surface area contributed by atoms with Gasteiger partial charge in [-0.15, -0.1) is 10.2 Å². The summed E-state index contributed by atoms with van der Waals surface area (Å²) >= 11 is 12.2. The van der Waals surface area contributed by atoms with E-state index in [1.165, 1.54) is 19.3 Å². The molecule has 0 saturated carbocycles. The Morgan fingerprint density at radius 3 is 2.81 bits per heavy atom. The first kappa shape index (κ1) is 20.0. The third-order valence-corrected chi connectivity index (χ3v) is 5.63. The molecule has 1 aliphatic rings. The van der Waals surface area contributed by atoms with Crippen LogP contribution < -0.4 is 10.6 Å². The van der Waals surface area contributed by atoms with Crippen LogP contribution in [0.5, 0.6) is 0 Å². The van der Waals surface area contributed by atoms with Crippen LogP contribution in [-0.4, -0.2) is 38.4 Å². The lowest BCUT2D eigenvalue weighted by molar-refractivity contribution is 0.600. The van der Waals surface area contributed by atoms with Gasteiger partial charge in [0.25, 0.3) is 0 Å². The number of aryl methyl sites for hydroxylation is 1. The van der Waals surface area contributed by atoms with Crippen LogP contribution in [0.3, 0.4) is 0 Å². The minimum Gasteiger partial charge on any atom is -0.357 e. The maximum atomic E-state index is 6.12. The Morgan fingerprint density at radius 2 is 2.07 bits per heavy atom. The lowest BCUT2D eigenvalue weighted by Gasteiger charge is -2.12. The summed E-state index contributed by atoms with van der Waals surface area (Å²) in [4.78, 5) is 4.63. The number of rotatable bonds is 6. The van der Waals surface area contributed by atoms with Crippen LogP contribution in [0, 0.1) is 0 Å². The summed E-state index contributed by atoms with van der Waals surface area (Å²) in [7, 11) is 1.89. The first-order valence-corrected chi connectivity index (χ1v) is 10.3. The summed E-state index contributed by atoms with van der Waals surface area (Å²) in [6.07, 6.45) is 5.54. The second-order valence-electron chi connectivity index (χ2n) is 6.70. The highest BCUT2D eigenvalue weighted by Crippen LogP contribution is 2.25. The first-order chi connectivity index (χ1) is 13.1. The van der Waals surface area contributed by atoms with Crippen LogP contribution in [0.1, 0.15) is 43.5 Å². The molecule has 7 nitrogen and oxygen atoms in total. The van der Waals surface area contributed by atoms with E-state index in [1.54, 1.807) is 0 Å². The van der Waals surface area contributed by atoms with E-state index in [1.807, 2.05) is 24.6 Å². The number of aromatic nitrogens is 4. The molecule has 1 aliphatic heterocycles. The maximum absolute atomic E-state index is 6.12. The van der Waals surface area contributed by atoms with Gasteiger partial charge in [0, 0.05) is 45.2 Å². The van der Waals surface area contributed by atoms with Crippen LogP contribution in [0.25, 0.3) is 0 Å². The summed E-state index contributed by atoms with van der Waals surface area (Å²) < 4.78 is 4.13. The van der Waals surface area contributed by atoms with Crippen molar-refractivity contribution in [3.63, 3.8) is 0 Å². The lowest BCUT2D eigenvalue weighted by atomic mass is 10.2. The minimum atomic E-state index is 0.499. The number of fused-ring (bicyclic) bond motifs is 1. The summed E-state index contributed by atoms with van der Waals surface area (Å²) in [6.45, 7) is 5.12. The van der Waals surface area contributed by atoms with Crippen molar-refractivity contribution in [1.82, 2.24) is 30.0 Å². The Balaban J connectivity index is 1.58. The normalized spacial score (nSPS) is 14.7. The van der Waals surface area contributed by atoms with E-state index in [0.29, 0.717) is 16.7 Å². The molecule has 0 spiro atoms. The molecular weight excluding hydrogens is 385 g/mol. The fraction of sp³-hybridized carbons (Fsp3) is 0.611. The van der Waals surface area contributed by atoms with Crippen LogP contribution in [0.2, 0.25) is 10.2 Å². The number of hydrogen-bond acceptors (Lipinski definition) is 3. The molecule has 0 bridgehead atoms. The first-order valence-electron chi connectivity index (χ1n) is 9.53. The van der Waals surface area contributed by atoms with Crippen LogP contribution >= 0.6 is 23.2 Å². The molecule has 3 rings (SSSR count). The highest BCUT2D eigenvalue weighted by molar-refractivity contribution is 6.41. The highest BCUT2D eigenvalue weighted by Gasteiger charge is 2.14. The van der Waals surface area contributed by atoms with Crippen molar-refractivity contribution in [1.29, 1.82) is 0 Å². The van der Waals surface area contributed by atoms with E-state index in [0.717, 1.165) is 55.8 Å². The molecule has 0 atom stereocenters. The second kappa shape index (κ2) is 9.46. The SMILES string of the molecule is CCNC(=NCc1cc(Cl)c(Cl)n1C)NCCc1nnc2n1CCCCC2. The van der Waals surface area contributed by atoms with E-state index in [9.17, 15) is 0 Å². The van der Waals surface area contributed by atoms with Gasteiger partial charge >= 0.3 is 0 Å². The topological polar surface area (TPSA) is 72.1 Å². The van der Waals surface area contributed by atoms with Crippen LogP contribution in [-0.2, 0) is 33.0 Å². The number of halogens is 2. The van der Waals surface area contributed by atoms with Crippen molar-refractivity contribution in [2.24, 2.45) is 12.0 Å². The summed E-state index contributed by atoms with van der Waals surface area (Å²) in [5, 5.41) is 16.5. The van der Waals surface area contributed by atoms with E-state index in [4.69, 9.17) is 23.2 Å². The van der Waals surface area contributed by atoms with Crippen molar-refractivity contribution >= 4 is 29.2 Å². The number of nitrogens with zero attached hydrogens (tertiary/aromatic N) is 5. The van der Waals surface area contributed by atoms with Crippen molar-refractivity contribution in [2.75, 3.05) is 13.1 Å². The molecule has 27 heavy (non-hydrogen) atoms. The quantitative estimate of drug-likeness (QED) is 0.565. The Kier molecular flexibility index (Phi) is 7.01. The molecule has 0 saturated heterocycles. The molecule has 9 heteroatoms. The fourth-order valence-electron chi connectivity index (χ4n) is 3.27. The summed E-state index contributed by atoms with van der Waals surface area (Å²) in [5.41, 5.74) is 0.963. The molecule has 148 valence electrons. The third kappa shape index (κ3) is 4.96. The van der Waals surface area contributed by atoms with E-state index in [-0.39, 0.29) is 0 Å². The van der Waals surface area contributed by atoms with Crippen LogP contribution in [0.4, 0.5) is 0 Å². The van der Waals surface area contributed by atoms with Gasteiger partial charge in [-0.2, -0.15) is 0 Å². The van der Waals surface area contributed by atoms with Gasteiger partial charge in [0.05, 0.1) is 11.6 Å². The maximum Gasteiger partial charge on any atom is 0.191 e. The number of aliphatic imine (C=N–C) groups is 1. The van der Waals surface area contributed by atoms with E-state index in [2.05, 4.69) is 30.4 Å². The van der Waals surface area contributed by atoms with Crippen molar-refractivity contribution in [3.8, 4) is 0 Å². The zero-order valence-corrected chi connectivity index (χ0v) is 17.4. The van der Waals surface area contributed by atoms with Gasteiger partial charge in [-0.25, -0.2) is 4.99 Å². The second-order valence-corrected chi connectivity index (χ2v) is 7.47. The number of nitrogens with one attached hydrogen (secondary N) is 2. The number of hydrogen-bond donors (Lipinski definition) is 2. The third-order valence-electron chi connectivity index (χ3n) is 4.79. The lowest BCUT2D eigenvalue weighted by Crippen LogP contribution is -2.38. The predicted octanol–water partition coefficient (Wildman–Crippen LogP) is 2.95. The molecule has 0 amide bonds. The van der Waals surface area contributed by atoms with Crippen molar-refractivity contribution in [3.05, 3.63) is 33.6 Å². The largest absolute Gasteiger partial charge is 0.357 e. The summed E-state index contributed by atoms with van der Waals surface area (Å²) in [5.74, 6) is 2.94. The smallest absolute Gasteiger partial charge is 0.191 e. The molecular formula is C18H27Cl2N7. The van der Waals surface area contributed by atoms with Gasteiger partial charge in [0.2, 0.25) is 0 Å². The van der Waals surface area contributed by atoms with Crippen LogP contribution in [0.15, 0.2) is 11.1 Å². The van der Waals surface area contributed by atoms with E-state index >= 15 is 0 Å². The minimum absolute atomic E-state index is 0.499. The average Bonchev–Trinajstić information content (AvgIpc) is 3.03. The molecule has 0 aromatic carbocycles. The van der Waals surface area contributed by atoms with Gasteiger partial charge in [0.15, 0.2) is 5.96 Å². The monoisotopic (exact) mass is 411 g/mol. The molecule has 0 radical (unpaired) electrons. The molecule has 0 fully saturated rings. The highest BCUT2D eigenvalue weighted by atomic mass is 35.5. The molecule has 2 aromatic heterocycles. The average molecular weight is 412 g/mol. The zero-order chi connectivity index (χ0) is 19.2. The van der Waals surface area contributed by atoms with Gasteiger partial charge < -0.3 is 19.8 Å². The predicted molar refractivity (Wildman–Crippen MR) is 110 cm³/mol. The van der Waals surface area contributed by atoms with Gasteiger partial charge in [-0.1, -0.05) is 29.6 Å². The zero-order valence-electron chi connectivity index (χ0n) is 15.9. The molecule has 2 aromatic rings. The molecule has 3 heterocycles. The number of guanidine groups is 1. The van der Waals surface area contributed by atoms with E-state index < -0.39 is 0 Å². The standard InChI is InChI=1S/C18H27Cl2N7/c1-3-21-18(23-12-13-11-14(19)17(20)26(13)2)22-9-8-16-25-24-15-7-5-4-6-10-27(15)16/h11H,3-10,12H2,1-2H3,(H2,21,22,23).